The Morgan fingerprint density at radius 2 is 1.85 bits per heavy atom. The lowest BCUT2D eigenvalue weighted by molar-refractivity contribution is -0.137. The van der Waals surface area contributed by atoms with Crippen LogP contribution in [-0.2, 0) is 4.79 Å². The Kier molecular flexibility index (Phi) is 4.95. The fraction of sp³-hybridized carbons (Fsp3) is 0.889. The fourth-order valence-corrected chi connectivity index (χ4v) is 0.986. The van der Waals surface area contributed by atoms with E-state index in [-0.39, 0.29) is 6.42 Å². The standard InChI is InChI=1S/C9H18O4/c1-9(2,8(12)13)6-4-3-5-7(10)11/h8,12-13H,3-6H2,1-2H3,(H,10,11). The molecule has 0 bridgehead atoms. The van der Waals surface area contributed by atoms with Gasteiger partial charge in [0, 0.05) is 11.8 Å². The van der Waals surface area contributed by atoms with Crippen LogP contribution in [0.2, 0.25) is 0 Å². The maximum atomic E-state index is 10.2. The molecule has 0 saturated heterocycles. The van der Waals surface area contributed by atoms with Gasteiger partial charge in [-0.15, -0.1) is 0 Å². The second-order valence-electron chi connectivity index (χ2n) is 3.96. The zero-order valence-corrected chi connectivity index (χ0v) is 8.16. The number of aliphatic carboxylic acids is 1. The molecule has 0 aliphatic carbocycles. The molecule has 0 radical (unpaired) electrons. The molecule has 0 amide bonds. The number of rotatable bonds is 6. The molecule has 0 aliphatic rings. The Labute approximate surface area is 78.2 Å². The monoisotopic (exact) mass is 190 g/mol. The van der Waals surface area contributed by atoms with Crippen LogP contribution in [0.5, 0.6) is 0 Å². The van der Waals surface area contributed by atoms with E-state index in [1.807, 2.05) is 0 Å². The summed E-state index contributed by atoms with van der Waals surface area (Å²) >= 11 is 0. The number of hydrogen-bond donors (Lipinski definition) is 3. The maximum Gasteiger partial charge on any atom is 0.303 e. The number of hydrogen-bond acceptors (Lipinski definition) is 3. The summed E-state index contributed by atoms with van der Waals surface area (Å²) in [6.07, 6.45) is 0.732. The third-order valence-electron chi connectivity index (χ3n) is 2.16. The summed E-state index contributed by atoms with van der Waals surface area (Å²) in [5, 5.41) is 26.2. The Hall–Kier alpha value is -0.610. The summed E-state index contributed by atoms with van der Waals surface area (Å²) in [7, 11) is 0. The molecule has 0 aromatic carbocycles. The first-order chi connectivity index (χ1) is 5.86. The SMILES string of the molecule is CC(C)(CCCCC(=O)O)C(O)O. The summed E-state index contributed by atoms with van der Waals surface area (Å²) in [4.78, 5) is 10.2. The Morgan fingerprint density at radius 3 is 2.23 bits per heavy atom. The third-order valence-corrected chi connectivity index (χ3v) is 2.16. The van der Waals surface area contributed by atoms with E-state index in [2.05, 4.69) is 0 Å². The fourth-order valence-electron chi connectivity index (χ4n) is 0.986. The molecule has 0 unspecified atom stereocenters. The minimum Gasteiger partial charge on any atom is -0.481 e. The number of carbonyl (C=O) groups is 1. The van der Waals surface area contributed by atoms with Crippen LogP contribution in [0, 0.1) is 5.41 Å². The predicted molar refractivity (Wildman–Crippen MR) is 48.1 cm³/mol. The molecule has 3 N–H and O–H groups in total. The number of aliphatic hydroxyl groups excluding tert-OH is 1. The van der Waals surface area contributed by atoms with Gasteiger partial charge < -0.3 is 15.3 Å². The maximum absolute atomic E-state index is 10.2. The molecular weight excluding hydrogens is 172 g/mol. The van der Waals surface area contributed by atoms with Crippen molar-refractivity contribution in [3.8, 4) is 0 Å². The summed E-state index contributed by atoms with van der Waals surface area (Å²) in [6.45, 7) is 3.50. The van der Waals surface area contributed by atoms with Crippen molar-refractivity contribution in [1.29, 1.82) is 0 Å². The van der Waals surface area contributed by atoms with Gasteiger partial charge in [0.25, 0.3) is 0 Å². The van der Waals surface area contributed by atoms with Gasteiger partial charge in [-0.25, -0.2) is 0 Å². The van der Waals surface area contributed by atoms with Crippen molar-refractivity contribution in [3.63, 3.8) is 0 Å². The highest BCUT2D eigenvalue weighted by molar-refractivity contribution is 5.66. The molecule has 0 aromatic heterocycles. The van der Waals surface area contributed by atoms with Crippen LogP contribution in [0.25, 0.3) is 0 Å². The first-order valence-electron chi connectivity index (χ1n) is 4.44. The molecule has 0 aliphatic heterocycles. The van der Waals surface area contributed by atoms with Crippen molar-refractivity contribution in [1.82, 2.24) is 0 Å². The lowest BCUT2D eigenvalue weighted by Crippen LogP contribution is -2.28. The number of aliphatic hydroxyl groups is 2. The van der Waals surface area contributed by atoms with Gasteiger partial charge in [0.15, 0.2) is 6.29 Å². The van der Waals surface area contributed by atoms with Crippen LogP contribution in [0.3, 0.4) is 0 Å². The lowest BCUT2D eigenvalue weighted by Gasteiger charge is -2.26. The molecule has 78 valence electrons. The zero-order chi connectivity index (χ0) is 10.5. The van der Waals surface area contributed by atoms with E-state index in [0.717, 1.165) is 0 Å². The normalized spacial score (nSPS) is 12.1. The van der Waals surface area contributed by atoms with E-state index in [4.69, 9.17) is 15.3 Å². The van der Waals surface area contributed by atoms with Gasteiger partial charge in [0.1, 0.15) is 0 Å². The van der Waals surface area contributed by atoms with Crippen LogP contribution in [0.1, 0.15) is 39.5 Å². The van der Waals surface area contributed by atoms with Crippen LogP contribution < -0.4 is 0 Å². The van der Waals surface area contributed by atoms with Crippen molar-refractivity contribution >= 4 is 5.97 Å². The quantitative estimate of drug-likeness (QED) is 0.431. The minimum absolute atomic E-state index is 0.150. The smallest absolute Gasteiger partial charge is 0.303 e. The second kappa shape index (κ2) is 5.19. The molecule has 4 nitrogen and oxygen atoms in total. The van der Waals surface area contributed by atoms with E-state index in [9.17, 15) is 4.79 Å². The van der Waals surface area contributed by atoms with Gasteiger partial charge in [0.2, 0.25) is 0 Å². The molecule has 0 heterocycles. The van der Waals surface area contributed by atoms with Gasteiger partial charge in [0.05, 0.1) is 0 Å². The minimum atomic E-state index is -1.34. The molecule has 0 atom stereocenters. The predicted octanol–water partition coefficient (Wildman–Crippen LogP) is 0.968. The van der Waals surface area contributed by atoms with E-state index in [0.29, 0.717) is 19.3 Å². The lowest BCUT2D eigenvalue weighted by atomic mass is 9.86. The van der Waals surface area contributed by atoms with E-state index in [1.165, 1.54) is 0 Å². The number of carboxylic acid groups (broad SMARTS) is 1. The summed E-state index contributed by atoms with van der Waals surface area (Å²) in [5.41, 5.74) is -0.543. The first kappa shape index (κ1) is 12.4. The van der Waals surface area contributed by atoms with Gasteiger partial charge in [-0.3, -0.25) is 4.79 Å². The molecule has 4 heteroatoms. The van der Waals surface area contributed by atoms with Gasteiger partial charge in [-0.2, -0.15) is 0 Å². The molecular formula is C9H18O4. The second-order valence-corrected chi connectivity index (χ2v) is 3.96. The van der Waals surface area contributed by atoms with Crippen molar-refractivity contribution in [2.75, 3.05) is 0 Å². The number of carboxylic acids is 1. The molecule has 0 saturated carbocycles. The van der Waals surface area contributed by atoms with Gasteiger partial charge in [-0.05, 0) is 12.8 Å². The van der Waals surface area contributed by atoms with E-state index < -0.39 is 17.7 Å². The van der Waals surface area contributed by atoms with Gasteiger partial charge >= 0.3 is 5.97 Å². The molecule has 0 fully saturated rings. The molecule has 0 aromatic rings. The Balaban J connectivity index is 3.58. The van der Waals surface area contributed by atoms with Gasteiger partial charge in [-0.1, -0.05) is 20.3 Å². The van der Waals surface area contributed by atoms with Crippen LogP contribution in [0.4, 0.5) is 0 Å². The first-order valence-corrected chi connectivity index (χ1v) is 4.44. The topological polar surface area (TPSA) is 77.8 Å². The Bertz CT molecular complexity index is 163. The third kappa shape index (κ3) is 5.60. The van der Waals surface area contributed by atoms with Crippen molar-refractivity contribution in [3.05, 3.63) is 0 Å². The largest absolute Gasteiger partial charge is 0.481 e. The van der Waals surface area contributed by atoms with Crippen LogP contribution in [-0.4, -0.2) is 27.6 Å². The zero-order valence-electron chi connectivity index (χ0n) is 8.16. The molecule has 0 spiro atoms. The Morgan fingerprint density at radius 1 is 1.31 bits per heavy atom. The van der Waals surface area contributed by atoms with E-state index in [1.54, 1.807) is 13.8 Å². The van der Waals surface area contributed by atoms with Crippen molar-refractivity contribution in [2.24, 2.45) is 5.41 Å². The van der Waals surface area contributed by atoms with Crippen LogP contribution >= 0.6 is 0 Å². The van der Waals surface area contributed by atoms with Crippen molar-refractivity contribution in [2.45, 2.75) is 45.8 Å². The average molecular weight is 190 g/mol. The summed E-state index contributed by atoms with van der Waals surface area (Å²) in [5.74, 6) is -0.803. The highest BCUT2D eigenvalue weighted by Crippen LogP contribution is 2.26. The highest BCUT2D eigenvalue weighted by atomic mass is 16.5. The van der Waals surface area contributed by atoms with E-state index >= 15 is 0 Å². The summed E-state index contributed by atoms with van der Waals surface area (Å²) in [6, 6.07) is 0. The molecule has 0 rings (SSSR count). The summed E-state index contributed by atoms with van der Waals surface area (Å²) < 4.78 is 0. The number of unbranched alkanes of at least 4 members (excludes halogenated alkanes) is 1. The molecule has 13 heavy (non-hydrogen) atoms. The average Bonchev–Trinajstić information content (AvgIpc) is 1.97. The highest BCUT2D eigenvalue weighted by Gasteiger charge is 2.25. The van der Waals surface area contributed by atoms with Crippen molar-refractivity contribution < 1.29 is 20.1 Å². The van der Waals surface area contributed by atoms with Crippen LogP contribution in [0.15, 0.2) is 0 Å².